The second-order valence-electron chi connectivity index (χ2n) is 8.00. The number of carbonyl (C=O) groups excluding carboxylic acids is 1. The summed E-state index contributed by atoms with van der Waals surface area (Å²) < 4.78 is 1.32. The number of amides is 1. The molecule has 0 spiro atoms. The molecular formula is C28H38N4O3. The number of carboxylic acid groups (broad SMARTS) is 1. The Morgan fingerprint density at radius 2 is 1.69 bits per heavy atom. The van der Waals surface area contributed by atoms with Gasteiger partial charge in [0.25, 0.3) is 0 Å². The molecule has 0 unspecified atom stereocenters. The van der Waals surface area contributed by atoms with Crippen LogP contribution in [-0.2, 0) is 16.1 Å². The lowest BCUT2D eigenvalue weighted by Crippen LogP contribution is -2.43. The molecule has 1 aliphatic carbocycles. The van der Waals surface area contributed by atoms with Crippen LogP contribution in [0.4, 0.5) is 11.5 Å². The number of hydrogen-bond acceptors (Lipinski definition) is 4. The van der Waals surface area contributed by atoms with Crippen LogP contribution in [0.15, 0.2) is 48.5 Å². The van der Waals surface area contributed by atoms with Gasteiger partial charge in [-0.15, -0.1) is 0 Å². The number of nitrogens with two attached hydrogens (primary N) is 1. The molecule has 4 rings (SSSR count). The molecule has 0 saturated heterocycles. The van der Waals surface area contributed by atoms with E-state index in [2.05, 4.69) is 5.10 Å². The van der Waals surface area contributed by atoms with Crippen molar-refractivity contribution in [3.8, 4) is 22.4 Å². The van der Waals surface area contributed by atoms with Crippen molar-refractivity contribution in [3.05, 3.63) is 54.1 Å². The van der Waals surface area contributed by atoms with Crippen molar-refractivity contribution in [1.82, 2.24) is 9.78 Å². The minimum absolute atomic E-state index is 0.0410. The summed E-state index contributed by atoms with van der Waals surface area (Å²) in [4.78, 5) is 25.5. The van der Waals surface area contributed by atoms with E-state index in [1.807, 2.05) is 88.0 Å². The van der Waals surface area contributed by atoms with E-state index in [4.69, 9.17) is 5.73 Å². The van der Waals surface area contributed by atoms with Crippen molar-refractivity contribution in [1.29, 1.82) is 0 Å². The summed E-state index contributed by atoms with van der Waals surface area (Å²) in [5.41, 5.74) is 11.3. The lowest BCUT2D eigenvalue weighted by atomic mass is 9.90. The number of nitrogen functional groups attached to an aromatic ring is 1. The molecule has 0 atom stereocenters. The van der Waals surface area contributed by atoms with Gasteiger partial charge in [-0.05, 0) is 49.4 Å². The number of aryl methyl sites for hydroxylation is 1. The Balaban J connectivity index is 0.00000103. The normalized spacial score (nSPS) is 12.4. The number of anilines is 2. The second kappa shape index (κ2) is 12.7. The molecule has 7 nitrogen and oxygen atoms in total. The zero-order valence-corrected chi connectivity index (χ0v) is 21.7. The van der Waals surface area contributed by atoms with E-state index in [9.17, 15) is 14.7 Å². The Hall–Kier alpha value is -3.61. The number of aliphatic carboxylic acids is 1. The number of rotatable bonds is 6. The smallest absolute Gasteiger partial charge is 0.325 e. The van der Waals surface area contributed by atoms with Gasteiger partial charge < -0.3 is 15.7 Å². The largest absolute Gasteiger partial charge is 0.480 e. The number of aromatic nitrogens is 2. The lowest BCUT2D eigenvalue weighted by molar-refractivity contribution is -0.137. The molecule has 3 N–H and O–H groups in total. The molecule has 3 aromatic rings. The summed E-state index contributed by atoms with van der Waals surface area (Å²) in [6, 6.07) is 15.7. The van der Waals surface area contributed by atoms with Crippen LogP contribution in [0.1, 0.15) is 59.4 Å². The van der Waals surface area contributed by atoms with Crippen molar-refractivity contribution in [2.75, 3.05) is 10.6 Å². The number of benzene rings is 2. The first kappa shape index (κ1) is 27.6. The summed E-state index contributed by atoms with van der Waals surface area (Å²) in [6.07, 6.45) is 3.19. The van der Waals surface area contributed by atoms with Crippen LogP contribution in [0.25, 0.3) is 22.4 Å². The SMILES string of the molecule is CC.CC.CC(=O)N(c1ccc(-c2c(-c3ccccc3)nn(CC(=O)O)c2N)cc1C)C1CCC1. The van der Waals surface area contributed by atoms with Gasteiger partial charge in [0.05, 0.1) is 5.56 Å². The molecule has 1 saturated carbocycles. The van der Waals surface area contributed by atoms with Gasteiger partial charge in [-0.1, -0.05) is 64.1 Å². The fraction of sp³-hybridized carbons (Fsp3) is 0.393. The quantitative estimate of drug-likeness (QED) is 0.442. The first-order valence-electron chi connectivity index (χ1n) is 12.4. The Morgan fingerprint density at radius 1 is 1.06 bits per heavy atom. The third-order valence-electron chi connectivity index (χ3n) is 5.85. The van der Waals surface area contributed by atoms with E-state index in [0.29, 0.717) is 17.1 Å². The zero-order chi connectivity index (χ0) is 26.1. The highest BCUT2D eigenvalue weighted by molar-refractivity contribution is 5.95. The Kier molecular flexibility index (Phi) is 10.1. The molecule has 1 aromatic heterocycles. The number of carbonyl (C=O) groups is 2. The summed E-state index contributed by atoms with van der Waals surface area (Å²) in [5.74, 6) is -0.667. The van der Waals surface area contributed by atoms with Gasteiger partial charge in [0.1, 0.15) is 18.1 Å². The number of hydrogen-bond donors (Lipinski definition) is 2. The van der Waals surface area contributed by atoms with Crippen molar-refractivity contribution in [2.45, 2.75) is 73.4 Å². The first-order valence-corrected chi connectivity index (χ1v) is 12.4. The van der Waals surface area contributed by atoms with E-state index in [-0.39, 0.29) is 18.5 Å². The second-order valence-corrected chi connectivity index (χ2v) is 8.00. The van der Waals surface area contributed by atoms with Gasteiger partial charge in [-0.3, -0.25) is 9.59 Å². The minimum atomic E-state index is -1.01. The maximum absolute atomic E-state index is 12.3. The third-order valence-corrected chi connectivity index (χ3v) is 5.85. The van der Waals surface area contributed by atoms with Crippen molar-refractivity contribution in [2.24, 2.45) is 0 Å². The summed E-state index contributed by atoms with van der Waals surface area (Å²) in [5, 5.41) is 13.8. The van der Waals surface area contributed by atoms with Crippen LogP contribution in [0, 0.1) is 6.92 Å². The van der Waals surface area contributed by atoms with E-state index >= 15 is 0 Å². The molecule has 7 heteroatoms. The molecule has 0 aliphatic heterocycles. The van der Waals surface area contributed by atoms with Crippen LogP contribution in [0.2, 0.25) is 0 Å². The van der Waals surface area contributed by atoms with Gasteiger partial charge in [0, 0.05) is 24.2 Å². The highest BCUT2D eigenvalue weighted by atomic mass is 16.4. The standard InChI is InChI=1S/C24H26N4O3.2C2H6/c1-15-13-18(11-12-20(15)28(16(2)29)19-9-6-10-19)22-23(17-7-4-3-5-8-17)26-27(24(22)25)14-21(30)31;2*1-2/h3-5,7-8,11-13,19H,6,9-10,14,25H2,1-2H3,(H,30,31);2*1-2H3. The monoisotopic (exact) mass is 478 g/mol. The molecule has 1 fully saturated rings. The fourth-order valence-corrected chi connectivity index (χ4v) is 4.16. The Labute approximate surface area is 208 Å². The van der Waals surface area contributed by atoms with Crippen LogP contribution >= 0.6 is 0 Å². The number of carboxylic acids is 1. The molecule has 1 amide bonds. The van der Waals surface area contributed by atoms with E-state index in [1.165, 1.54) is 4.68 Å². The average molecular weight is 479 g/mol. The topological polar surface area (TPSA) is 101 Å². The number of nitrogens with zero attached hydrogens (tertiary/aromatic N) is 3. The van der Waals surface area contributed by atoms with Gasteiger partial charge in [-0.2, -0.15) is 5.10 Å². The average Bonchev–Trinajstić information content (AvgIpc) is 3.15. The fourth-order valence-electron chi connectivity index (χ4n) is 4.16. The van der Waals surface area contributed by atoms with E-state index in [1.54, 1.807) is 6.92 Å². The summed E-state index contributed by atoms with van der Waals surface area (Å²) in [6.45, 7) is 11.3. The highest BCUT2D eigenvalue weighted by Gasteiger charge is 2.29. The van der Waals surface area contributed by atoms with Crippen molar-refractivity contribution >= 4 is 23.4 Å². The Morgan fingerprint density at radius 3 is 2.17 bits per heavy atom. The lowest BCUT2D eigenvalue weighted by Gasteiger charge is -2.37. The van der Waals surface area contributed by atoms with Crippen LogP contribution in [0.5, 0.6) is 0 Å². The van der Waals surface area contributed by atoms with Gasteiger partial charge in [0.15, 0.2) is 0 Å². The van der Waals surface area contributed by atoms with Crippen molar-refractivity contribution < 1.29 is 14.7 Å². The van der Waals surface area contributed by atoms with Crippen LogP contribution < -0.4 is 10.6 Å². The summed E-state index contributed by atoms with van der Waals surface area (Å²) in [7, 11) is 0. The van der Waals surface area contributed by atoms with E-state index in [0.717, 1.165) is 41.6 Å². The molecule has 0 bridgehead atoms. The predicted octanol–water partition coefficient (Wildman–Crippen LogP) is 6.15. The third kappa shape index (κ3) is 6.10. The Bertz CT molecular complexity index is 1130. The zero-order valence-electron chi connectivity index (χ0n) is 21.7. The molecule has 1 aliphatic rings. The molecule has 2 aromatic carbocycles. The van der Waals surface area contributed by atoms with Gasteiger partial charge in [-0.25, -0.2) is 4.68 Å². The van der Waals surface area contributed by atoms with Crippen molar-refractivity contribution in [3.63, 3.8) is 0 Å². The maximum atomic E-state index is 12.3. The predicted molar refractivity (Wildman–Crippen MR) is 143 cm³/mol. The van der Waals surface area contributed by atoms with E-state index < -0.39 is 5.97 Å². The molecular weight excluding hydrogens is 440 g/mol. The maximum Gasteiger partial charge on any atom is 0.325 e. The van der Waals surface area contributed by atoms with Gasteiger partial charge >= 0.3 is 5.97 Å². The molecule has 35 heavy (non-hydrogen) atoms. The molecule has 188 valence electrons. The molecule has 0 radical (unpaired) electrons. The first-order chi connectivity index (χ1) is 16.9. The highest BCUT2D eigenvalue weighted by Crippen LogP contribution is 2.39. The van der Waals surface area contributed by atoms with Crippen LogP contribution in [-0.4, -0.2) is 32.8 Å². The van der Waals surface area contributed by atoms with Crippen LogP contribution in [0.3, 0.4) is 0 Å². The molecule has 1 heterocycles. The van der Waals surface area contributed by atoms with Gasteiger partial charge in [0.2, 0.25) is 5.91 Å². The summed E-state index contributed by atoms with van der Waals surface area (Å²) >= 11 is 0. The minimum Gasteiger partial charge on any atom is -0.480 e.